The van der Waals surface area contributed by atoms with E-state index in [-0.39, 0.29) is 17.5 Å². The lowest BCUT2D eigenvalue weighted by Gasteiger charge is -2.32. The van der Waals surface area contributed by atoms with Crippen LogP contribution in [0.25, 0.3) is 10.8 Å². The molecule has 3 aromatic rings. The number of nitrogens with one attached hydrogen (secondary N) is 1. The number of hydrogen-bond donors (Lipinski definition) is 1. The lowest BCUT2D eigenvalue weighted by atomic mass is 10.0. The van der Waals surface area contributed by atoms with Crippen LogP contribution in [0.15, 0.2) is 53.3 Å². The number of carbonyl (C=O) groups excluding carboxylic acids is 1. The number of pyridine rings is 1. The van der Waals surface area contributed by atoms with E-state index in [2.05, 4.69) is 16.3 Å². The van der Waals surface area contributed by atoms with Gasteiger partial charge in [-0.15, -0.1) is 0 Å². The van der Waals surface area contributed by atoms with Gasteiger partial charge in [-0.25, -0.2) is 0 Å². The Balaban J connectivity index is 1.22. The maximum absolute atomic E-state index is 12.5. The first kappa shape index (κ1) is 23.8. The minimum Gasteiger partial charge on any atom is -0.353 e. The molecule has 0 aliphatic carbocycles. The van der Waals surface area contributed by atoms with Crippen molar-refractivity contribution in [2.75, 3.05) is 13.1 Å². The van der Waals surface area contributed by atoms with Gasteiger partial charge in [0.2, 0.25) is 5.91 Å². The number of piperidine rings is 1. The van der Waals surface area contributed by atoms with E-state index >= 15 is 0 Å². The molecule has 33 heavy (non-hydrogen) atoms. The molecule has 0 spiro atoms. The summed E-state index contributed by atoms with van der Waals surface area (Å²) in [5.41, 5.74) is 2.12. The van der Waals surface area contributed by atoms with Gasteiger partial charge in [-0.1, -0.05) is 47.5 Å². The Labute approximate surface area is 204 Å². The van der Waals surface area contributed by atoms with Gasteiger partial charge in [0.25, 0.3) is 5.56 Å². The summed E-state index contributed by atoms with van der Waals surface area (Å²) in [5, 5.41) is 6.03. The van der Waals surface area contributed by atoms with Crippen molar-refractivity contribution in [2.24, 2.45) is 7.05 Å². The summed E-state index contributed by atoms with van der Waals surface area (Å²) in [6.45, 7) is 2.71. The molecule has 174 valence electrons. The largest absolute Gasteiger partial charge is 0.353 e. The Hall–Kier alpha value is -2.34. The van der Waals surface area contributed by atoms with Crippen LogP contribution >= 0.6 is 23.2 Å². The first-order valence-electron chi connectivity index (χ1n) is 11.4. The van der Waals surface area contributed by atoms with Crippen LogP contribution in [0, 0.1) is 0 Å². The number of aromatic nitrogens is 1. The van der Waals surface area contributed by atoms with Crippen molar-refractivity contribution in [1.29, 1.82) is 0 Å². The molecule has 1 fully saturated rings. The fourth-order valence-electron chi connectivity index (χ4n) is 4.51. The zero-order valence-corrected chi connectivity index (χ0v) is 20.3. The second-order valence-electron chi connectivity index (χ2n) is 8.81. The van der Waals surface area contributed by atoms with Gasteiger partial charge in [-0.05, 0) is 60.9 Å². The minimum absolute atomic E-state index is 0.0141. The van der Waals surface area contributed by atoms with Crippen LogP contribution in [0.5, 0.6) is 0 Å². The Bertz CT molecular complexity index is 1200. The van der Waals surface area contributed by atoms with Crippen LogP contribution in [0.4, 0.5) is 0 Å². The molecule has 1 aliphatic rings. The number of amides is 1. The summed E-state index contributed by atoms with van der Waals surface area (Å²) in [6, 6.07) is 15.7. The zero-order valence-electron chi connectivity index (χ0n) is 18.8. The summed E-state index contributed by atoms with van der Waals surface area (Å²) in [7, 11) is 1.80. The van der Waals surface area contributed by atoms with Gasteiger partial charge in [-0.2, -0.15) is 0 Å². The smallest absolute Gasteiger partial charge is 0.258 e. The van der Waals surface area contributed by atoms with Crippen LogP contribution < -0.4 is 10.9 Å². The predicted molar refractivity (Wildman–Crippen MR) is 135 cm³/mol. The number of carbonyl (C=O) groups is 1. The van der Waals surface area contributed by atoms with Crippen molar-refractivity contribution in [1.82, 2.24) is 14.8 Å². The molecule has 2 aromatic carbocycles. The fourth-order valence-corrected chi connectivity index (χ4v) is 4.83. The van der Waals surface area contributed by atoms with E-state index in [0.717, 1.165) is 54.5 Å². The van der Waals surface area contributed by atoms with Crippen LogP contribution in [0.1, 0.15) is 36.9 Å². The van der Waals surface area contributed by atoms with Crippen molar-refractivity contribution < 1.29 is 4.79 Å². The van der Waals surface area contributed by atoms with Crippen molar-refractivity contribution in [2.45, 2.75) is 44.7 Å². The maximum Gasteiger partial charge on any atom is 0.258 e. The van der Waals surface area contributed by atoms with Crippen LogP contribution in [-0.4, -0.2) is 34.5 Å². The molecule has 1 amide bonds. The van der Waals surface area contributed by atoms with Crippen LogP contribution in [0.3, 0.4) is 0 Å². The Morgan fingerprint density at radius 3 is 2.58 bits per heavy atom. The highest BCUT2D eigenvalue weighted by atomic mass is 35.5. The summed E-state index contributed by atoms with van der Waals surface area (Å²) >= 11 is 12.1. The fraction of sp³-hybridized carbons (Fsp3) is 0.385. The van der Waals surface area contributed by atoms with Crippen LogP contribution in [0.2, 0.25) is 10.0 Å². The maximum atomic E-state index is 12.5. The number of likely N-dealkylation sites (tertiary alicyclic amines) is 1. The highest BCUT2D eigenvalue weighted by molar-refractivity contribution is 6.42. The molecular formula is C26H29Cl2N3O2. The number of halogens is 2. The lowest BCUT2D eigenvalue weighted by molar-refractivity contribution is -0.122. The Morgan fingerprint density at radius 2 is 1.82 bits per heavy atom. The molecule has 1 aromatic heterocycles. The summed E-state index contributed by atoms with van der Waals surface area (Å²) in [5.74, 6) is 0.0868. The summed E-state index contributed by atoms with van der Waals surface area (Å²) < 4.78 is 1.70. The van der Waals surface area contributed by atoms with Crippen molar-refractivity contribution in [3.05, 3.63) is 80.2 Å². The molecule has 0 atom stereocenters. The molecular weight excluding hydrogens is 457 g/mol. The Morgan fingerprint density at radius 1 is 1.06 bits per heavy atom. The second-order valence-corrected chi connectivity index (χ2v) is 9.62. The zero-order chi connectivity index (χ0) is 23.4. The van der Waals surface area contributed by atoms with Gasteiger partial charge in [-0.3, -0.25) is 14.5 Å². The SMILES string of the molecule is Cn1c(CCCC(=O)NC2CCN(Cc3ccc(Cl)c(Cl)c3)CC2)cc2ccccc2c1=O. The van der Waals surface area contributed by atoms with Gasteiger partial charge in [0.05, 0.1) is 10.0 Å². The van der Waals surface area contributed by atoms with E-state index in [0.29, 0.717) is 29.3 Å². The van der Waals surface area contributed by atoms with E-state index in [1.54, 1.807) is 11.6 Å². The summed E-state index contributed by atoms with van der Waals surface area (Å²) in [4.78, 5) is 27.4. The minimum atomic E-state index is 0.0141. The molecule has 0 bridgehead atoms. The number of rotatable bonds is 7. The van der Waals surface area contributed by atoms with Gasteiger partial charge in [0.15, 0.2) is 0 Å². The third-order valence-electron chi connectivity index (χ3n) is 6.43. The number of nitrogens with zero attached hydrogens (tertiary/aromatic N) is 2. The van der Waals surface area contributed by atoms with Gasteiger partial charge in [0.1, 0.15) is 0 Å². The molecule has 4 rings (SSSR count). The van der Waals surface area contributed by atoms with E-state index in [4.69, 9.17) is 23.2 Å². The standard InChI is InChI=1S/C26H29Cl2N3O2/c1-30-21(16-19-5-2-3-7-22(19)26(30)33)6-4-8-25(32)29-20-11-13-31(14-12-20)17-18-9-10-23(27)24(28)15-18/h2-3,5,7,9-10,15-16,20H,4,6,8,11-14,17H2,1H3,(H,29,32). The normalized spacial score (nSPS) is 15.1. The van der Waals surface area contributed by atoms with E-state index in [1.165, 1.54) is 0 Å². The molecule has 0 radical (unpaired) electrons. The molecule has 1 saturated heterocycles. The molecule has 1 N–H and O–H groups in total. The van der Waals surface area contributed by atoms with Gasteiger partial charge < -0.3 is 9.88 Å². The molecule has 5 nitrogen and oxygen atoms in total. The van der Waals surface area contributed by atoms with Crippen molar-refractivity contribution in [3.63, 3.8) is 0 Å². The first-order chi connectivity index (χ1) is 15.9. The molecule has 1 aliphatic heterocycles. The average molecular weight is 486 g/mol. The molecule has 0 unspecified atom stereocenters. The highest BCUT2D eigenvalue weighted by Crippen LogP contribution is 2.24. The number of aryl methyl sites for hydroxylation is 1. The first-order valence-corrected chi connectivity index (χ1v) is 12.2. The van der Waals surface area contributed by atoms with Crippen molar-refractivity contribution >= 4 is 39.9 Å². The third-order valence-corrected chi connectivity index (χ3v) is 7.17. The van der Waals surface area contributed by atoms with Gasteiger partial charge >= 0.3 is 0 Å². The van der Waals surface area contributed by atoms with E-state index < -0.39 is 0 Å². The quantitative estimate of drug-likeness (QED) is 0.514. The highest BCUT2D eigenvalue weighted by Gasteiger charge is 2.21. The van der Waals surface area contributed by atoms with Gasteiger partial charge in [0, 0.05) is 50.2 Å². The van der Waals surface area contributed by atoms with Crippen LogP contribution in [-0.2, 0) is 24.8 Å². The molecule has 2 heterocycles. The number of benzene rings is 2. The topological polar surface area (TPSA) is 54.3 Å². The third kappa shape index (κ3) is 5.97. The number of hydrogen-bond acceptors (Lipinski definition) is 3. The molecule has 7 heteroatoms. The summed E-state index contributed by atoms with van der Waals surface area (Å²) in [6.07, 6.45) is 3.75. The average Bonchev–Trinajstić information content (AvgIpc) is 2.81. The lowest BCUT2D eigenvalue weighted by Crippen LogP contribution is -2.44. The number of fused-ring (bicyclic) bond motifs is 1. The van der Waals surface area contributed by atoms with E-state index in [9.17, 15) is 9.59 Å². The molecule has 0 saturated carbocycles. The van der Waals surface area contributed by atoms with E-state index in [1.807, 2.05) is 42.5 Å². The predicted octanol–water partition coefficient (Wildman–Crippen LogP) is 4.95. The monoisotopic (exact) mass is 485 g/mol. The van der Waals surface area contributed by atoms with Crippen molar-refractivity contribution in [3.8, 4) is 0 Å². The second kappa shape index (κ2) is 10.7. The Kier molecular flexibility index (Phi) is 7.74.